The second-order valence-electron chi connectivity index (χ2n) is 6.63. The second kappa shape index (κ2) is 7.08. The summed E-state index contributed by atoms with van der Waals surface area (Å²) in [7, 11) is 0. The van der Waals surface area contributed by atoms with E-state index in [1.165, 1.54) is 0 Å². The lowest BCUT2D eigenvalue weighted by Crippen LogP contribution is -2.21. The highest BCUT2D eigenvalue weighted by atomic mass is 16.5. The summed E-state index contributed by atoms with van der Waals surface area (Å²) in [5, 5.41) is 23.2. The Labute approximate surface area is 157 Å². The van der Waals surface area contributed by atoms with Crippen molar-refractivity contribution in [1.82, 2.24) is 0 Å². The molecule has 0 aliphatic heterocycles. The molecule has 0 amide bonds. The predicted octanol–water partition coefficient (Wildman–Crippen LogP) is 5.25. The molecule has 4 aromatic carbocycles. The summed E-state index contributed by atoms with van der Waals surface area (Å²) in [4.78, 5) is 0. The number of benzene rings is 4. The molecule has 1 atom stereocenters. The van der Waals surface area contributed by atoms with Gasteiger partial charge in [-0.3, -0.25) is 0 Å². The Balaban J connectivity index is 1.42. The van der Waals surface area contributed by atoms with Gasteiger partial charge in [-0.1, -0.05) is 24.3 Å². The third-order valence-electron chi connectivity index (χ3n) is 4.41. The number of ether oxygens (including phenoxy) is 2. The van der Waals surface area contributed by atoms with Crippen molar-refractivity contribution < 1.29 is 19.7 Å². The number of hydrogen-bond donors (Lipinski definition) is 2. The van der Waals surface area contributed by atoms with Crippen LogP contribution < -0.4 is 9.47 Å². The number of rotatable bonds is 5. The first kappa shape index (κ1) is 17.0. The Kier molecular flexibility index (Phi) is 4.47. The van der Waals surface area contributed by atoms with Crippen molar-refractivity contribution in [2.24, 2.45) is 0 Å². The van der Waals surface area contributed by atoms with Crippen molar-refractivity contribution in [3.63, 3.8) is 0 Å². The fraction of sp³-hybridized carbons (Fsp3) is 0.130. The molecule has 0 aromatic heterocycles. The number of fused-ring (bicyclic) bond motifs is 2. The molecule has 4 aromatic rings. The van der Waals surface area contributed by atoms with Crippen LogP contribution in [0, 0.1) is 0 Å². The lowest BCUT2D eigenvalue weighted by atomic mass is 10.1. The van der Waals surface area contributed by atoms with E-state index >= 15 is 0 Å². The van der Waals surface area contributed by atoms with E-state index in [0.717, 1.165) is 33.0 Å². The number of phenolic OH excluding ortho intramolecular Hbond substituents is 2. The van der Waals surface area contributed by atoms with Crippen LogP contribution in [0.5, 0.6) is 23.0 Å². The zero-order valence-electron chi connectivity index (χ0n) is 14.9. The molecule has 0 radical (unpaired) electrons. The van der Waals surface area contributed by atoms with Gasteiger partial charge in [0, 0.05) is 0 Å². The summed E-state index contributed by atoms with van der Waals surface area (Å²) in [5.74, 6) is 1.93. The second-order valence-corrected chi connectivity index (χ2v) is 6.63. The summed E-state index contributed by atoms with van der Waals surface area (Å²) < 4.78 is 11.8. The molecule has 2 N–H and O–H groups in total. The monoisotopic (exact) mass is 360 g/mol. The fourth-order valence-electron chi connectivity index (χ4n) is 3.07. The van der Waals surface area contributed by atoms with Gasteiger partial charge in [0.15, 0.2) is 0 Å². The van der Waals surface area contributed by atoms with E-state index in [4.69, 9.17) is 9.47 Å². The van der Waals surface area contributed by atoms with E-state index in [1.54, 1.807) is 24.3 Å². The minimum absolute atomic E-state index is 0.153. The summed E-state index contributed by atoms with van der Waals surface area (Å²) >= 11 is 0. The lowest BCUT2D eigenvalue weighted by molar-refractivity contribution is 0.143. The molecule has 0 spiro atoms. The van der Waals surface area contributed by atoms with Crippen LogP contribution in [0.1, 0.15) is 6.92 Å². The molecule has 1 unspecified atom stereocenters. The molecule has 0 aliphatic carbocycles. The third-order valence-corrected chi connectivity index (χ3v) is 4.41. The largest absolute Gasteiger partial charge is 0.508 e. The molecule has 4 nitrogen and oxygen atoms in total. The van der Waals surface area contributed by atoms with Gasteiger partial charge >= 0.3 is 0 Å². The summed E-state index contributed by atoms with van der Waals surface area (Å²) in [6.07, 6.45) is -0.153. The molecule has 0 saturated heterocycles. The maximum Gasteiger partial charge on any atom is 0.130 e. The van der Waals surface area contributed by atoms with Gasteiger partial charge in [0.05, 0.1) is 0 Å². The Morgan fingerprint density at radius 2 is 1.19 bits per heavy atom. The van der Waals surface area contributed by atoms with E-state index < -0.39 is 0 Å². The SMILES string of the molecule is CC(COc1ccc2ccc(O)cc2c1)Oc1ccc2ccc(O)cc2c1. The van der Waals surface area contributed by atoms with E-state index in [2.05, 4.69) is 0 Å². The van der Waals surface area contributed by atoms with Gasteiger partial charge in [0.1, 0.15) is 35.7 Å². The van der Waals surface area contributed by atoms with Crippen molar-refractivity contribution >= 4 is 21.5 Å². The Bertz CT molecular complexity index is 1100. The fourth-order valence-corrected chi connectivity index (χ4v) is 3.07. The average molecular weight is 360 g/mol. The Hall–Kier alpha value is -3.40. The maximum absolute atomic E-state index is 9.63. The summed E-state index contributed by atoms with van der Waals surface area (Å²) in [5.41, 5.74) is 0. The molecule has 136 valence electrons. The first-order chi connectivity index (χ1) is 13.1. The van der Waals surface area contributed by atoms with Crippen LogP contribution in [-0.2, 0) is 0 Å². The van der Waals surface area contributed by atoms with Crippen LogP contribution >= 0.6 is 0 Å². The summed E-state index contributed by atoms with van der Waals surface area (Å²) in [6, 6.07) is 22.1. The number of aromatic hydroxyl groups is 2. The molecule has 0 saturated carbocycles. The van der Waals surface area contributed by atoms with Crippen LogP contribution in [0.25, 0.3) is 21.5 Å². The van der Waals surface area contributed by atoms with E-state index in [0.29, 0.717) is 6.61 Å². The van der Waals surface area contributed by atoms with Crippen molar-refractivity contribution in [3.05, 3.63) is 72.8 Å². The van der Waals surface area contributed by atoms with E-state index in [9.17, 15) is 10.2 Å². The first-order valence-corrected chi connectivity index (χ1v) is 8.82. The van der Waals surface area contributed by atoms with E-state index in [1.807, 2.05) is 55.5 Å². The average Bonchev–Trinajstić information content (AvgIpc) is 2.65. The smallest absolute Gasteiger partial charge is 0.130 e. The lowest BCUT2D eigenvalue weighted by Gasteiger charge is -2.16. The highest BCUT2D eigenvalue weighted by Crippen LogP contribution is 2.26. The van der Waals surface area contributed by atoms with Gasteiger partial charge < -0.3 is 19.7 Å². The van der Waals surface area contributed by atoms with Crippen molar-refractivity contribution in [2.45, 2.75) is 13.0 Å². The normalized spacial score (nSPS) is 12.2. The standard InChI is InChI=1S/C23H20O4/c1-15(27-23-9-5-17-3-7-21(25)11-19(17)13-23)14-26-22-8-4-16-2-6-20(24)10-18(16)12-22/h2-13,15,24-25H,14H2,1H3. The molecule has 0 heterocycles. The maximum atomic E-state index is 9.63. The van der Waals surface area contributed by atoms with Gasteiger partial charge in [-0.05, 0) is 77.0 Å². The minimum atomic E-state index is -0.153. The predicted molar refractivity (Wildman–Crippen MR) is 107 cm³/mol. The van der Waals surface area contributed by atoms with Crippen molar-refractivity contribution in [1.29, 1.82) is 0 Å². The topological polar surface area (TPSA) is 58.9 Å². The molecular formula is C23H20O4. The van der Waals surface area contributed by atoms with Crippen LogP contribution in [0.4, 0.5) is 0 Å². The van der Waals surface area contributed by atoms with Gasteiger partial charge in [0.25, 0.3) is 0 Å². The van der Waals surface area contributed by atoms with Crippen molar-refractivity contribution in [2.75, 3.05) is 6.61 Å². The molecule has 0 bridgehead atoms. The van der Waals surface area contributed by atoms with Crippen molar-refractivity contribution in [3.8, 4) is 23.0 Å². The number of hydrogen-bond acceptors (Lipinski definition) is 4. The molecule has 0 fully saturated rings. The molecule has 27 heavy (non-hydrogen) atoms. The molecular weight excluding hydrogens is 340 g/mol. The molecule has 0 aliphatic rings. The van der Waals surface area contributed by atoms with Crippen LogP contribution in [0.2, 0.25) is 0 Å². The zero-order chi connectivity index (χ0) is 18.8. The van der Waals surface area contributed by atoms with Crippen LogP contribution in [-0.4, -0.2) is 22.9 Å². The Morgan fingerprint density at radius 3 is 1.81 bits per heavy atom. The van der Waals surface area contributed by atoms with Gasteiger partial charge in [-0.2, -0.15) is 0 Å². The quantitative estimate of drug-likeness (QED) is 0.510. The third kappa shape index (κ3) is 3.90. The zero-order valence-corrected chi connectivity index (χ0v) is 14.9. The Morgan fingerprint density at radius 1 is 0.667 bits per heavy atom. The van der Waals surface area contributed by atoms with Crippen LogP contribution in [0.3, 0.4) is 0 Å². The highest BCUT2D eigenvalue weighted by molar-refractivity contribution is 5.85. The number of phenols is 2. The highest BCUT2D eigenvalue weighted by Gasteiger charge is 2.07. The van der Waals surface area contributed by atoms with Gasteiger partial charge in [-0.25, -0.2) is 0 Å². The van der Waals surface area contributed by atoms with Gasteiger partial charge in [-0.15, -0.1) is 0 Å². The molecule has 4 rings (SSSR count). The van der Waals surface area contributed by atoms with E-state index in [-0.39, 0.29) is 17.6 Å². The first-order valence-electron chi connectivity index (χ1n) is 8.82. The summed E-state index contributed by atoms with van der Waals surface area (Å²) in [6.45, 7) is 2.34. The molecule has 4 heteroatoms. The van der Waals surface area contributed by atoms with Gasteiger partial charge in [0.2, 0.25) is 0 Å². The van der Waals surface area contributed by atoms with Crippen LogP contribution in [0.15, 0.2) is 72.8 Å². The minimum Gasteiger partial charge on any atom is -0.508 e.